The largest absolute Gasteiger partial charge is 0.459 e. The van der Waals surface area contributed by atoms with Crippen LogP contribution < -0.4 is 0 Å². The van der Waals surface area contributed by atoms with Crippen LogP contribution >= 0.6 is 0 Å². The molecule has 0 saturated carbocycles. The van der Waals surface area contributed by atoms with Crippen molar-refractivity contribution in [3.63, 3.8) is 0 Å². The van der Waals surface area contributed by atoms with Gasteiger partial charge in [-0.25, -0.2) is 9.59 Å². The van der Waals surface area contributed by atoms with E-state index in [2.05, 4.69) is 0 Å². The zero-order chi connectivity index (χ0) is 14.6. The predicted octanol–water partition coefficient (Wildman–Crippen LogP) is 3.21. The zero-order valence-corrected chi connectivity index (χ0v) is 12.0. The van der Waals surface area contributed by atoms with Gasteiger partial charge >= 0.3 is 11.9 Å². The highest BCUT2D eigenvalue weighted by atomic mass is 16.6. The Balaban J connectivity index is 2.76. The van der Waals surface area contributed by atoms with Gasteiger partial charge in [-0.1, -0.05) is 0 Å². The number of benzene rings is 1. The number of ether oxygens (including phenoxy) is 2. The highest BCUT2D eigenvalue weighted by molar-refractivity contribution is 5.93. The molecule has 1 aromatic carbocycles. The number of esters is 2. The van der Waals surface area contributed by atoms with Crippen molar-refractivity contribution in [2.75, 3.05) is 0 Å². The molecule has 104 valence electrons. The van der Waals surface area contributed by atoms with Gasteiger partial charge in [0.05, 0.1) is 17.2 Å². The van der Waals surface area contributed by atoms with Gasteiger partial charge in [0.25, 0.3) is 0 Å². The second-order valence-corrected chi connectivity index (χ2v) is 5.53. The smallest absolute Gasteiger partial charge is 0.338 e. The van der Waals surface area contributed by atoms with Gasteiger partial charge in [0.15, 0.2) is 0 Å². The Morgan fingerprint density at radius 3 is 1.74 bits per heavy atom. The third kappa shape index (κ3) is 5.12. The lowest BCUT2D eigenvalue weighted by Gasteiger charge is -2.19. The minimum absolute atomic E-state index is 0.168. The van der Waals surface area contributed by atoms with Gasteiger partial charge in [-0.05, 0) is 58.9 Å². The maximum absolute atomic E-state index is 11.8. The lowest BCUT2D eigenvalue weighted by Crippen LogP contribution is -2.23. The van der Waals surface area contributed by atoms with E-state index in [-0.39, 0.29) is 6.10 Å². The van der Waals surface area contributed by atoms with Crippen LogP contribution in [0.1, 0.15) is 55.3 Å². The SMILES string of the molecule is CC(C)OC(=O)c1ccc(C(=O)OC(C)(C)C)cc1. The van der Waals surface area contributed by atoms with Crippen molar-refractivity contribution in [2.45, 2.75) is 46.3 Å². The molecular weight excluding hydrogens is 244 g/mol. The molecule has 0 saturated heterocycles. The van der Waals surface area contributed by atoms with Crippen molar-refractivity contribution in [1.82, 2.24) is 0 Å². The van der Waals surface area contributed by atoms with Crippen molar-refractivity contribution in [3.05, 3.63) is 35.4 Å². The fraction of sp³-hybridized carbons (Fsp3) is 0.467. The Bertz CT molecular complexity index is 452. The summed E-state index contributed by atoms with van der Waals surface area (Å²) in [6.45, 7) is 8.98. The van der Waals surface area contributed by atoms with E-state index in [9.17, 15) is 9.59 Å². The van der Waals surface area contributed by atoms with E-state index < -0.39 is 17.5 Å². The van der Waals surface area contributed by atoms with E-state index in [4.69, 9.17) is 9.47 Å². The molecule has 0 N–H and O–H groups in total. The number of rotatable bonds is 3. The minimum atomic E-state index is -0.535. The third-order valence-electron chi connectivity index (χ3n) is 2.10. The summed E-state index contributed by atoms with van der Waals surface area (Å²) in [5, 5.41) is 0. The van der Waals surface area contributed by atoms with Crippen LogP contribution in [-0.2, 0) is 9.47 Å². The quantitative estimate of drug-likeness (QED) is 0.787. The second-order valence-electron chi connectivity index (χ2n) is 5.53. The molecule has 1 aromatic rings. The number of carbonyl (C=O) groups excluding carboxylic acids is 2. The van der Waals surface area contributed by atoms with Crippen LogP contribution in [0.4, 0.5) is 0 Å². The maximum Gasteiger partial charge on any atom is 0.338 e. The highest BCUT2D eigenvalue weighted by Gasteiger charge is 2.18. The average Bonchev–Trinajstić information content (AvgIpc) is 2.26. The van der Waals surface area contributed by atoms with Crippen LogP contribution in [0, 0.1) is 0 Å². The molecule has 19 heavy (non-hydrogen) atoms. The standard InChI is InChI=1S/C15H20O4/c1-10(2)18-13(16)11-6-8-12(9-7-11)14(17)19-15(3,4)5/h6-10H,1-5H3. The van der Waals surface area contributed by atoms with Gasteiger partial charge in [0, 0.05) is 0 Å². The number of hydrogen-bond acceptors (Lipinski definition) is 4. The fourth-order valence-corrected chi connectivity index (χ4v) is 1.36. The summed E-state index contributed by atoms with van der Waals surface area (Å²) < 4.78 is 10.3. The molecule has 0 aliphatic carbocycles. The topological polar surface area (TPSA) is 52.6 Å². The van der Waals surface area contributed by atoms with Crippen molar-refractivity contribution < 1.29 is 19.1 Å². The molecule has 0 unspecified atom stereocenters. The van der Waals surface area contributed by atoms with Crippen molar-refractivity contribution in [1.29, 1.82) is 0 Å². The van der Waals surface area contributed by atoms with E-state index in [1.165, 1.54) is 0 Å². The first-order valence-corrected chi connectivity index (χ1v) is 6.23. The fourth-order valence-electron chi connectivity index (χ4n) is 1.36. The van der Waals surface area contributed by atoms with E-state index in [1.54, 1.807) is 58.9 Å². The molecule has 0 aliphatic heterocycles. The summed E-state index contributed by atoms with van der Waals surface area (Å²) in [5.41, 5.74) is 0.295. The van der Waals surface area contributed by atoms with Crippen LogP contribution in [0.3, 0.4) is 0 Å². The van der Waals surface area contributed by atoms with Gasteiger partial charge in [-0.2, -0.15) is 0 Å². The average molecular weight is 264 g/mol. The van der Waals surface area contributed by atoms with Gasteiger partial charge in [0.2, 0.25) is 0 Å². The molecule has 0 atom stereocenters. The Kier molecular flexibility index (Phi) is 4.70. The van der Waals surface area contributed by atoms with Crippen molar-refractivity contribution in [3.8, 4) is 0 Å². The summed E-state index contributed by atoms with van der Waals surface area (Å²) in [5.74, 6) is -0.804. The normalized spacial score (nSPS) is 11.3. The van der Waals surface area contributed by atoms with Gasteiger partial charge < -0.3 is 9.47 Å². The van der Waals surface area contributed by atoms with E-state index in [0.717, 1.165) is 0 Å². The third-order valence-corrected chi connectivity index (χ3v) is 2.10. The summed E-state index contributed by atoms with van der Waals surface area (Å²) in [6, 6.07) is 6.24. The minimum Gasteiger partial charge on any atom is -0.459 e. The van der Waals surface area contributed by atoms with E-state index >= 15 is 0 Å². The van der Waals surface area contributed by atoms with Crippen LogP contribution in [0.2, 0.25) is 0 Å². The highest BCUT2D eigenvalue weighted by Crippen LogP contribution is 2.13. The summed E-state index contributed by atoms with van der Waals surface area (Å²) in [6.07, 6.45) is -0.168. The molecule has 0 bridgehead atoms. The Morgan fingerprint density at radius 1 is 0.947 bits per heavy atom. The van der Waals surface area contributed by atoms with Crippen molar-refractivity contribution in [2.24, 2.45) is 0 Å². The monoisotopic (exact) mass is 264 g/mol. The predicted molar refractivity (Wildman–Crippen MR) is 72.2 cm³/mol. The molecule has 4 heteroatoms. The van der Waals surface area contributed by atoms with Crippen LogP contribution in [-0.4, -0.2) is 23.6 Å². The Labute approximate surface area is 113 Å². The molecule has 0 amide bonds. The molecule has 4 nitrogen and oxygen atoms in total. The van der Waals surface area contributed by atoms with E-state index in [0.29, 0.717) is 11.1 Å². The van der Waals surface area contributed by atoms with Gasteiger partial charge in [0.1, 0.15) is 5.60 Å². The Morgan fingerprint density at radius 2 is 1.37 bits per heavy atom. The number of hydrogen-bond donors (Lipinski definition) is 0. The van der Waals surface area contributed by atoms with Crippen molar-refractivity contribution >= 4 is 11.9 Å². The summed E-state index contributed by atoms with van der Waals surface area (Å²) >= 11 is 0. The molecule has 0 heterocycles. The lowest BCUT2D eigenvalue weighted by atomic mass is 10.1. The molecular formula is C15H20O4. The zero-order valence-electron chi connectivity index (χ0n) is 12.0. The summed E-state index contributed by atoms with van der Waals surface area (Å²) in [7, 11) is 0. The van der Waals surface area contributed by atoms with E-state index in [1.807, 2.05) is 0 Å². The first-order valence-electron chi connectivity index (χ1n) is 6.23. The van der Waals surface area contributed by atoms with Crippen LogP contribution in [0.15, 0.2) is 24.3 Å². The maximum atomic E-state index is 11.8. The molecule has 0 aliphatic rings. The Hall–Kier alpha value is -1.84. The molecule has 1 rings (SSSR count). The molecule has 0 spiro atoms. The molecule has 0 fully saturated rings. The molecule has 0 radical (unpaired) electrons. The lowest BCUT2D eigenvalue weighted by molar-refractivity contribution is 0.00686. The van der Waals surface area contributed by atoms with Gasteiger partial charge in [-0.15, -0.1) is 0 Å². The second kappa shape index (κ2) is 5.87. The van der Waals surface area contributed by atoms with Crippen LogP contribution in [0.25, 0.3) is 0 Å². The van der Waals surface area contributed by atoms with Gasteiger partial charge in [-0.3, -0.25) is 0 Å². The first-order chi connectivity index (χ1) is 8.69. The first kappa shape index (κ1) is 15.2. The molecule has 0 aromatic heterocycles. The summed E-state index contributed by atoms with van der Waals surface area (Å²) in [4.78, 5) is 23.4. The number of carbonyl (C=O) groups is 2. The van der Waals surface area contributed by atoms with Crippen LogP contribution in [0.5, 0.6) is 0 Å².